The summed E-state index contributed by atoms with van der Waals surface area (Å²) in [6.07, 6.45) is 4.59. The van der Waals surface area contributed by atoms with Crippen molar-refractivity contribution in [3.05, 3.63) is 83.3 Å². The number of anilines is 1. The average molecular weight is 534 g/mol. The van der Waals surface area contributed by atoms with Gasteiger partial charge in [-0.05, 0) is 67.3 Å². The van der Waals surface area contributed by atoms with Crippen molar-refractivity contribution in [2.45, 2.75) is 31.2 Å². The van der Waals surface area contributed by atoms with E-state index in [0.29, 0.717) is 23.5 Å². The van der Waals surface area contributed by atoms with Gasteiger partial charge in [0.15, 0.2) is 0 Å². The predicted octanol–water partition coefficient (Wildman–Crippen LogP) is 3.27. The number of benzene rings is 2. The first-order valence-corrected chi connectivity index (χ1v) is 13.5. The van der Waals surface area contributed by atoms with Crippen molar-refractivity contribution in [2.24, 2.45) is 7.05 Å². The first kappa shape index (κ1) is 25.4. The number of aromatic nitrogens is 3. The molecule has 2 aromatic carbocycles. The van der Waals surface area contributed by atoms with Crippen LogP contribution < -0.4 is 9.62 Å². The van der Waals surface area contributed by atoms with E-state index in [0.717, 1.165) is 35.7 Å². The van der Waals surface area contributed by atoms with Crippen LogP contribution in [0.15, 0.2) is 65.8 Å². The number of nitrogens with zero attached hydrogens (tertiary/aromatic N) is 4. The van der Waals surface area contributed by atoms with Crippen LogP contribution in [0, 0.1) is 6.92 Å². The van der Waals surface area contributed by atoms with E-state index in [1.807, 2.05) is 25.1 Å². The Morgan fingerprint density at radius 2 is 1.92 bits per heavy atom. The number of sulfonamides is 1. The monoisotopic (exact) mass is 533 g/mol. The van der Waals surface area contributed by atoms with Gasteiger partial charge in [0.2, 0.25) is 10.0 Å². The van der Waals surface area contributed by atoms with Crippen LogP contribution in [0.4, 0.5) is 5.69 Å². The molecule has 0 aliphatic carbocycles. The molecule has 11 heteroatoms. The van der Waals surface area contributed by atoms with E-state index in [4.69, 9.17) is 0 Å². The number of hydrogen-bond acceptors (Lipinski definition) is 7. The molecule has 5 rings (SSSR count). The number of amides is 1. The first-order chi connectivity index (χ1) is 18.1. The van der Waals surface area contributed by atoms with Crippen LogP contribution in [0.1, 0.15) is 33.6 Å². The zero-order valence-electron chi connectivity index (χ0n) is 20.9. The third kappa shape index (κ3) is 4.98. The summed E-state index contributed by atoms with van der Waals surface area (Å²) in [5.74, 6) is -0.741. The third-order valence-electron chi connectivity index (χ3n) is 6.50. The van der Waals surface area contributed by atoms with Crippen LogP contribution in [0.2, 0.25) is 0 Å². The van der Waals surface area contributed by atoms with Gasteiger partial charge >= 0.3 is 0 Å². The van der Waals surface area contributed by atoms with Gasteiger partial charge < -0.3 is 15.1 Å². The number of carbonyl (C=O) groups is 1. The largest absolute Gasteiger partial charge is 0.508 e. The second-order valence-corrected chi connectivity index (χ2v) is 11.0. The van der Waals surface area contributed by atoms with Crippen molar-refractivity contribution in [1.82, 2.24) is 19.5 Å². The molecule has 0 radical (unpaired) electrons. The van der Waals surface area contributed by atoms with Crippen LogP contribution in [-0.2, 0) is 30.0 Å². The lowest BCUT2D eigenvalue weighted by molar-refractivity contribution is 0.0982. The lowest BCUT2D eigenvalue weighted by atomic mass is 9.96. The molecule has 0 saturated carbocycles. The summed E-state index contributed by atoms with van der Waals surface area (Å²) in [5, 5.41) is 23.9. The maximum Gasteiger partial charge on any atom is 0.262 e. The Hall–Kier alpha value is -4.22. The topological polar surface area (TPSA) is 138 Å². The minimum atomic E-state index is -3.78. The summed E-state index contributed by atoms with van der Waals surface area (Å²) < 4.78 is 29.8. The molecule has 0 spiro atoms. The van der Waals surface area contributed by atoms with E-state index < -0.39 is 10.0 Å². The number of aromatic hydroxyl groups is 2. The number of rotatable bonds is 6. The highest BCUT2D eigenvalue weighted by molar-refractivity contribution is 7.89. The van der Waals surface area contributed by atoms with Crippen LogP contribution in [0.25, 0.3) is 11.3 Å². The zero-order valence-corrected chi connectivity index (χ0v) is 21.7. The normalized spacial score (nSPS) is 13.4. The smallest absolute Gasteiger partial charge is 0.262 e. The van der Waals surface area contributed by atoms with Crippen molar-refractivity contribution in [2.75, 3.05) is 11.4 Å². The summed E-state index contributed by atoms with van der Waals surface area (Å²) in [4.78, 5) is 19.3. The number of phenolic OH excluding ortho intramolecular Hbond substituents is 2. The molecule has 1 aliphatic rings. The predicted molar refractivity (Wildman–Crippen MR) is 141 cm³/mol. The molecule has 0 atom stereocenters. The van der Waals surface area contributed by atoms with Crippen molar-refractivity contribution in [3.8, 4) is 22.8 Å². The van der Waals surface area contributed by atoms with E-state index >= 15 is 0 Å². The van der Waals surface area contributed by atoms with E-state index in [9.17, 15) is 23.4 Å². The molecule has 3 N–H and O–H groups in total. The molecule has 4 aromatic rings. The molecule has 10 nitrogen and oxygen atoms in total. The van der Waals surface area contributed by atoms with Gasteiger partial charge in [0.05, 0.1) is 23.5 Å². The fourth-order valence-electron chi connectivity index (χ4n) is 4.61. The Kier molecular flexibility index (Phi) is 6.64. The van der Waals surface area contributed by atoms with Crippen LogP contribution in [0.5, 0.6) is 11.5 Å². The molecule has 3 heterocycles. The van der Waals surface area contributed by atoms with Gasteiger partial charge in [0.25, 0.3) is 5.91 Å². The Morgan fingerprint density at radius 3 is 2.63 bits per heavy atom. The maximum absolute atomic E-state index is 13.2. The number of fused-ring (bicyclic) bond motifs is 1. The second kappa shape index (κ2) is 9.92. The highest BCUT2D eigenvalue weighted by Crippen LogP contribution is 2.34. The minimum Gasteiger partial charge on any atom is -0.508 e. The molecule has 1 aliphatic heterocycles. The van der Waals surface area contributed by atoms with Gasteiger partial charge in [-0.1, -0.05) is 6.07 Å². The van der Waals surface area contributed by atoms with E-state index in [1.165, 1.54) is 18.3 Å². The lowest BCUT2D eigenvalue weighted by Gasteiger charge is -2.30. The van der Waals surface area contributed by atoms with Crippen molar-refractivity contribution < 1.29 is 23.4 Å². The molecule has 0 saturated heterocycles. The van der Waals surface area contributed by atoms with E-state index in [-0.39, 0.29) is 34.4 Å². The maximum atomic E-state index is 13.2. The van der Waals surface area contributed by atoms with Gasteiger partial charge in [0.1, 0.15) is 16.4 Å². The highest BCUT2D eigenvalue weighted by atomic mass is 32.2. The summed E-state index contributed by atoms with van der Waals surface area (Å²) in [6, 6.07) is 12.9. The Balaban J connectivity index is 1.39. The standard InChI is InChI=1S/C27H27N5O5S/c1-17-12-22(38(36,37)29-15-20-9-11-31(2)30-20)16-28-26(17)19-5-8-24-18(13-19)4-3-10-32(24)27(35)23-7-6-21(33)14-25(23)34/h5-9,11-14,16,29,33-34H,3-4,10,15H2,1-2H3. The van der Waals surface area contributed by atoms with E-state index in [1.54, 1.807) is 35.0 Å². The molecule has 0 bridgehead atoms. The number of hydrogen-bond donors (Lipinski definition) is 3. The van der Waals surface area contributed by atoms with Crippen LogP contribution >= 0.6 is 0 Å². The van der Waals surface area contributed by atoms with Crippen molar-refractivity contribution in [1.29, 1.82) is 0 Å². The van der Waals surface area contributed by atoms with Gasteiger partial charge in [0, 0.05) is 43.3 Å². The quantitative estimate of drug-likeness (QED) is 0.346. The van der Waals surface area contributed by atoms with Gasteiger partial charge in [-0.2, -0.15) is 5.10 Å². The highest BCUT2D eigenvalue weighted by Gasteiger charge is 2.26. The first-order valence-electron chi connectivity index (χ1n) is 12.0. The Labute approximate surface area is 220 Å². The fraction of sp³-hybridized carbons (Fsp3) is 0.222. The number of carbonyl (C=O) groups excluding carboxylic acids is 1. The van der Waals surface area contributed by atoms with Gasteiger partial charge in [-0.3, -0.25) is 14.5 Å². The van der Waals surface area contributed by atoms with Crippen molar-refractivity contribution in [3.63, 3.8) is 0 Å². The molecule has 0 fully saturated rings. The SMILES string of the molecule is Cc1cc(S(=O)(=O)NCc2ccn(C)n2)cnc1-c1ccc2c(c1)CCCN2C(=O)c1ccc(O)cc1O. The number of pyridine rings is 1. The van der Waals surface area contributed by atoms with Crippen LogP contribution in [-0.4, -0.2) is 45.8 Å². The lowest BCUT2D eigenvalue weighted by Crippen LogP contribution is -2.35. The minimum absolute atomic E-state index is 0.0677. The molecule has 1 amide bonds. The summed E-state index contributed by atoms with van der Waals surface area (Å²) in [6.45, 7) is 2.38. The second-order valence-electron chi connectivity index (χ2n) is 9.25. The third-order valence-corrected chi connectivity index (χ3v) is 7.87. The van der Waals surface area contributed by atoms with Crippen molar-refractivity contribution >= 4 is 21.6 Å². The fourth-order valence-corrected chi connectivity index (χ4v) is 5.64. The Morgan fingerprint density at radius 1 is 1.11 bits per heavy atom. The number of aryl methyl sites for hydroxylation is 3. The van der Waals surface area contributed by atoms with Gasteiger partial charge in [-0.15, -0.1) is 0 Å². The zero-order chi connectivity index (χ0) is 27.0. The summed E-state index contributed by atoms with van der Waals surface area (Å²) >= 11 is 0. The number of nitrogens with one attached hydrogen (secondary N) is 1. The molecular formula is C27H27N5O5S. The average Bonchev–Trinajstić information content (AvgIpc) is 3.31. The molecular weight excluding hydrogens is 506 g/mol. The van der Waals surface area contributed by atoms with Crippen LogP contribution in [0.3, 0.4) is 0 Å². The summed E-state index contributed by atoms with van der Waals surface area (Å²) in [7, 11) is -2.01. The molecule has 196 valence electrons. The Bertz CT molecular complexity index is 1650. The molecule has 0 unspecified atom stereocenters. The van der Waals surface area contributed by atoms with Gasteiger partial charge in [-0.25, -0.2) is 13.1 Å². The van der Waals surface area contributed by atoms with E-state index in [2.05, 4.69) is 14.8 Å². The molecule has 38 heavy (non-hydrogen) atoms. The molecule has 2 aromatic heterocycles. The number of phenols is 2. The summed E-state index contributed by atoms with van der Waals surface area (Å²) in [5.41, 5.74) is 4.58.